The molecule has 0 bridgehead atoms. The third-order valence-electron chi connectivity index (χ3n) is 7.19. The van der Waals surface area contributed by atoms with Gasteiger partial charge in [-0.15, -0.1) is 0 Å². The molecule has 0 atom stereocenters. The zero-order valence-corrected chi connectivity index (χ0v) is 24.8. The minimum absolute atomic E-state index is 0.149. The first kappa shape index (κ1) is 27.9. The Morgan fingerprint density at radius 2 is 1.75 bits per heavy atom. The standard InChI is InChI=1S/C29H32ClN5O4S/c1-6-33(7-2)14-15-34-18-22(27-25(34)17-26(38-4)29(32-27)39-5)24-16-21-23(30)12-13-31-28(21)35(24)40(36,37)20-10-8-19(3)9-11-20/h8-13,16-18H,6-7,14-15H2,1-5H3. The quantitative estimate of drug-likeness (QED) is 0.212. The molecule has 0 spiro atoms. The molecule has 1 aromatic carbocycles. The summed E-state index contributed by atoms with van der Waals surface area (Å²) in [5.74, 6) is 0.791. The summed E-state index contributed by atoms with van der Waals surface area (Å²) in [5.41, 5.74) is 3.59. The van der Waals surface area contributed by atoms with Crippen LogP contribution in [0.2, 0.25) is 5.02 Å². The molecule has 0 fully saturated rings. The zero-order chi connectivity index (χ0) is 28.6. The normalized spacial score (nSPS) is 12.1. The predicted molar refractivity (Wildman–Crippen MR) is 158 cm³/mol. The van der Waals surface area contributed by atoms with Gasteiger partial charge >= 0.3 is 0 Å². The minimum atomic E-state index is -4.06. The molecule has 11 heteroatoms. The lowest BCUT2D eigenvalue weighted by atomic mass is 10.2. The average Bonchev–Trinajstić information content (AvgIpc) is 3.52. The fourth-order valence-corrected chi connectivity index (χ4v) is 6.59. The third kappa shape index (κ3) is 4.80. The number of ether oxygens (including phenoxy) is 2. The summed E-state index contributed by atoms with van der Waals surface area (Å²) in [6.07, 6.45) is 3.44. The predicted octanol–water partition coefficient (Wildman–Crippen LogP) is 5.61. The summed E-state index contributed by atoms with van der Waals surface area (Å²) in [4.78, 5) is 11.7. The summed E-state index contributed by atoms with van der Waals surface area (Å²) in [7, 11) is -0.973. The highest BCUT2D eigenvalue weighted by atomic mass is 35.5. The van der Waals surface area contributed by atoms with Gasteiger partial charge in [-0.25, -0.2) is 22.4 Å². The van der Waals surface area contributed by atoms with Crippen molar-refractivity contribution < 1.29 is 17.9 Å². The molecule has 5 aromatic rings. The van der Waals surface area contributed by atoms with Crippen LogP contribution < -0.4 is 9.47 Å². The highest BCUT2D eigenvalue weighted by Gasteiger charge is 2.28. The van der Waals surface area contributed by atoms with Crippen molar-refractivity contribution in [1.29, 1.82) is 0 Å². The fraction of sp³-hybridized carbons (Fsp3) is 0.310. The number of benzene rings is 1. The number of rotatable bonds is 10. The molecule has 0 aliphatic carbocycles. The van der Waals surface area contributed by atoms with E-state index in [2.05, 4.69) is 28.3 Å². The van der Waals surface area contributed by atoms with Crippen molar-refractivity contribution in [2.24, 2.45) is 0 Å². The summed E-state index contributed by atoms with van der Waals surface area (Å²) in [6.45, 7) is 9.49. The Labute approximate surface area is 239 Å². The van der Waals surface area contributed by atoms with Gasteiger partial charge in [-0.2, -0.15) is 0 Å². The molecule has 0 unspecified atom stereocenters. The maximum atomic E-state index is 14.2. The summed E-state index contributed by atoms with van der Waals surface area (Å²) >= 11 is 6.56. The van der Waals surface area contributed by atoms with Gasteiger partial charge in [0.1, 0.15) is 5.52 Å². The lowest BCUT2D eigenvalue weighted by Gasteiger charge is -2.18. The van der Waals surface area contributed by atoms with E-state index in [0.29, 0.717) is 45.4 Å². The van der Waals surface area contributed by atoms with Gasteiger partial charge < -0.3 is 18.9 Å². The van der Waals surface area contributed by atoms with E-state index in [9.17, 15) is 8.42 Å². The number of fused-ring (bicyclic) bond motifs is 2. The smallest absolute Gasteiger partial charge is 0.269 e. The second-order valence-electron chi connectivity index (χ2n) is 9.47. The number of likely N-dealkylation sites (N-methyl/N-ethyl adjacent to an activating group) is 1. The number of nitrogens with zero attached hydrogens (tertiary/aromatic N) is 5. The number of halogens is 1. The highest BCUT2D eigenvalue weighted by molar-refractivity contribution is 7.90. The van der Waals surface area contributed by atoms with E-state index in [4.69, 9.17) is 26.1 Å². The number of hydrogen-bond donors (Lipinski definition) is 0. The van der Waals surface area contributed by atoms with E-state index in [1.165, 1.54) is 17.3 Å². The first-order valence-electron chi connectivity index (χ1n) is 13.1. The van der Waals surface area contributed by atoms with E-state index in [-0.39, 0.29) is 10.5 Å². The molecule has 210 valence electrons. The van der Waals surface area contributed by atoms with Gasteiger partial charge in [-0.05, 0) is 44.3 Å². The maximum Gasteiger partial charge on any atom is 0.269 e. The van der Waals surface area contributed by atoms with E-state index >= 15 is 0 Å². The molecule has 40 heavy (non-hydrogen) atoms. The van der Waals surface area contributed by atoms with Crippen molar-refractivity contribution in [2.75, 3.05) is 33.9 Å². The van der Waals surface area contributed by atoms with E-state index in [1.807, 2.05) is 19.2 Å². The molecule has 0 saturated heterocycles. The largest absolute Gasteiger partial charge is 0.491 e. The molecule has 9 nitrogen and oxygen atoms in total. The number of hydrogen-bond acceptors (Lipinski definition) is 7. The fourth-order valence-electron chi connectivity index (χ4n) is 4.92. The first-order chi connectivity index (χ1) is 19.2. The Bertz CT molecular complexity index is 1790. The second kappa shape index (κ2) is 11.1. The third-order valence-corrected chi connectivity index (χ3v) is 9.24. The van der Waals surface area contributed by atoms with Crippen LogP contribution in [0.1, 0.15) is 19.4 Å². The molecule has 0 radical (unpaired) electrons. The second-order valence-corrected chi connectivity index (χ2v) is 11.7. The van der Waals surface area contributed by atoms with Gasteiger partial charge in [0.15, 0.2) is 11.4 Å². The molecule has 0 aliphatic heterocycles. The molecule has 0 amide bonds. The molecular weight excluding hydrogens is 550 g/mol. The van der Waals surface area contributed by atoms with Crippen molar-refractivity contribution in [3.05, 3.63) is 65.4 Å². The number of methoxy groups -OCH3 is 2. The molecule has 5 rings (SSSR count). The number of aryl methyl sites for hydroxylation is 1. The summed E-state index contributed by atoms with van der Waals surface area (Å²) in [5, 5.41) is 0.931. The maximum absolute atomic E-state index is 14.2. The van der Waals surface area contributed by atoms with Crippen LogP contribution in [0.25, 0.3) is 33.3 Å². The van der Waals surface area contributed by atoms with Crippen LogP contribution in [-0.2, 0) is 16.6 Å². The monoisotopic (exact) mass is 581 g/mol. The van der Waals surface area contributed by atoms with Crippen LogP contribution in [0, 0.1) is 6.92 Å². The average molecular weight is 582 g/mol. The summed E-state index contributed by atoms with van der Waals surface area (Å²) < 4.78 is 42.8. The van der Waals surface area contributed by atoms with Crippen molar-refractivity contribution in [3.63, 3.8) is 0 Å². The van der Waals surface area contributed by atoms with Crippen LogP contribution in [-0.4, -0.2) is 65.7 Å². The lowest BCUT2D eigenvalue weighted by molar-refractivity contribution is 0.292. The Balaban J connectivity index is 1.82. The van der Waals surface area contributed by atoms with Gasteiger partial charge in [-0.3, -0.25) is 0 Å². The molecule has 0 saturated carbocycles. The van der Waals surface area contributed by atoms with Crippen LogP contribution in [0.15, 0.2) is 59.8 Å². The van der Waals surface area contributed by atoms with E-state index in [1.54, 1.807) is 43.5 Å². The van der Waals surface area contributed by atoms with Gasteiger partial charge in [-0.1, -0.05) is 43.1 Å². The SMILES string of the molecule is CCN(CC)CCn1cc(-c2cc3c(Cl)ccnc3n2S(=O)(=O)c2ccc(C)cc2)c2nc(OC)c(OC)cc21. The van der Waals surface area contributed by atoms with Crippen LogP contribution in [0.5, 0.6) is 11.6 Å². The van der Waals surface area contributed by atoms with Crippen LogP contribution >= 0.6 is 11.6 Å². The lowest BCUT2D eigenvalue weighted by Crippen LogP contribution is -2.26. The van der Waals surface area contributed by atoms with Gasteiger partial charge in [0.25, 0.3) is 15.9 Å². The Morgan fingerprint density at radius 3 is 2.40 bits per heavy atom. The Hall–Kier alpha value is -3.60. The Morgan fingerprint density at radius 1 is 1.02 bits per heavy atom. The van der Waals surface area contributed by atoms with Crippen molar-refractivity contribution in [2.45, 2.75) is 32.2 Å². The minimum Gasteiger partial charge on any atom is -0.491 e. The van der Waals surface area contributed by atoms with Gasteiger partial charge in [0, 0.05) is 42.5 Å². The van der Waals surface area contributed by atoms with Crippen molar-refractivity contribution in [1.82, 2.24) is 23.4 Å². The molecular formula is C29H32ClN5O4S. The van der Waals surface area contributed by atoms with Crippen molar-refractivity contribution in [3.8, 4) is 22.9 Å². The topological polar surface area (TPSA) is 91.5 Å². The molecule has 4 heterocycles. The van der Waals surface area contributed by atoms with Crippen LogP contribution in [0.4, 0.5) is 0 Å². The van der Waals surface area contributed by atoms with E-state index < -0.39 is 10.0 Å². The number of pyridine rings is 2. The summed E-state index contributed by atoms with van der Waals surface area (Å²) in [6, 6.07) is 12.0. The highest BCUT2D eigenvalue weighted by Crippen LogP contribution is 2.40. The van der Waals surface area contributed by atoms with Crippen LogP contribution in [0.3, 0.4) is 0 Å². The molecule has 0 N–H and O–H groups in total. The first-order valence-corrected chi connectivity index (χ1v) is 14.9. The Kier molecular flexibility index (Phi) is 7.76. The van der Waals surface area contributed by atoms with Gasteiger partial charge in [0.2, 0.25) is 0 Å². The number of aromatic nitrogens is 4. The zero-order valence-electron chi connectivity index (χ0n) is 23.2. The van der Waals surface area contributed by atoms with E-state index in [0.717, 1.165) is 30.7 Å². The van der Waals surface area contributed by atoms with Crippen molar-refractivity contribution >= 4 is 43.7 Å². The molecule has 0 aliphatic rings. The van der Waals surface area contributed by atoms with Gasteiger partial charge in [0.05, 0.1) is 35.3 Å². The molecule has 4 aromatic heterocycles.